The Morgan fingerprint density at radius 3 is 2.52 bits per heavy atom. The van der Waals surface area contributed by atoms with Crippen molar-refractivity contribution in [2.24, 2.45) is 11.8 Å². The van der Waals surface area contributed by atoms with E-state index >= 15 is 0 Å². The second-order valence-electron chi connectivity index (χ2n) is 6.42. The largest absolute Gasteiger partial charge is 0.497 e. The first-order valence-electron chi connectivity index (χ1n) is 8.70. The van der Waals surface area contributed by atoms with Gasteiger partial charge in [-0.05, 0) is 43.7 Å². The third-order valence-corrected chi connectivity index (χ3v) is 4.85. The quantitative estimate of drug-likeness (QED) is 0.796. The Morgan fingerprint density at radius 2 is 1.91 bits per heavy atom. The minimum atomic E-state index is 0.113. The van der Waals surface area contributed by atoms with E-state index in [4.69, 9.17) is 9.47 Å². The molecule has 128 valence electrons. The van der Waals surface area contributed by atoms with E-state index in [-0.39, 0.29) is 11.8 Å². The lowest BCUT2D eigenvalue weighted by molar-refractivity contribution is -0.121. The van der Waals surface area contributed by atoms with Gasteiger partial charge in [-0.25, -0.2) is 0 Å². The number of benzene rings is 1. The summed E-state index contributed by atoms with van der Waals surface area (Å²) >= 11 is 0. The van der Waals surface area contributed by atoms with Crippen LogP contribution in [0.3, 0.4) is 0 Å². The molecule has 0 radical (unpaired) electrons. The molecule has 0 atom stereocenters. The molecule has 1 aliphatic rings. The van der Waals surface area contributed by atoms with Gasteiger partial charge in [-0.3, -0.25) is 4.79 Å². The molecule has 0 unspecified atom stereocenters. The van der Waals surface area contributed by atoms with Crippen molar-refractivity contribution in [3.05, 3.63) is 18.2 Å². The van der Waals surface area contributed by atoms with Crippen molar-refractivity contribution in [2.75, 3.05) is 19.5 Å². The van der Waals surface area contributed by atoms with E-state index in [9.17, 15) is 4.79 Å². The minimum absolute atomic E-state index is 0.113. The average molecular weight is 319 g/mol. The number of ether oxygens (including phenoxy) is 2. The zero-order chi connectivity index (χ0) is 16.7. The van der Waals surface area contributed by atoms with Gasteiger partial charge in [0, 0.05) is 12.0 Å². The Morgan fingerprint density at radius 1 is 1.17 bits per heavy atom. The Labute approximate surface area is 139 Å². The topological polar surface area (TPSA) is 47.6 Å². The van der Waals surface area contributed by atoms with Crippen molar-refractivity contribution >= 4 is 11.6 Å². The van der Waals surface area contributed by atoms with Crippen molar-refractivity contribution in [3.63, 3.8) is 0 Å². The lowest BCUT2D eigenvalue weighted by Crippen LogP contribution is -2.27. The standard InChI is InChI=1S/C19H29NO3/c1-4-5-6-14-7-9-15(10-8-14)19(21)20-17-12-11-16(22-2)13-18(17)23-3/h11-15H,4-10H2,1-3H3,(H,20,21). The van der Waals surface area contributed by atoms with Gasteiger partial charge in [0.15, 0.2) is 0 Å². The van der Waals surface area contributed by atoms with Gasteiger partial charge in [0.1, 0.15) is 11.5 Å². The summed E-state index contributed by atoms with van der Waals surface area (Å²) in [6.45, 7) is 2.24. The molecule has 1 amide bonds. The highest BCUT2D eigenvalue weighted by Crippen LogP contribution is 2.34. The van der Waals surface area contributed by atoms with Crippen LogP contribution in [-0.4, -0.2) is 20.1 Å². The number of nitrogens with one attached hydrogen (secondary N) is 1. The van der Waals surface area contributed by atoms with Crippen LogP contribution in [0.15, 0.2) is 18.2 Å². The van der Waals surface area contributed by atoms with E-state index in [0.717, 1.165) is 24.5 Å². The molecule has 1 aliphatic carbocycles. The molecule has 0 bridgehead atoms. The van der Waals surface area contributed by atoms with Gasteiger partial charge in [-0.15, -0.1) is 0 Å². The average Bonchev–Trinajstić information content (AvgIpc) is 2.60. The maximum absolute atomic E-state index is 12.5. The van der Waals surface area contributed by atoms with Crippen LogP contribution in [0.25, 0.3) is 0 Å². The number of amides is 1. The predicted octanol–water partition coefficient (Wildman–Crippen LogP) is 4.64. The summed E-state index contributed by atoms with van der Waals surface area (Å²) in [6.07, 6.45) is 8.24. The normalized spacial score (nSPS) is 20.8. The fourth-order valence-electron chi connectivity index (χ4n) is 3.34. The molecule has 1 saturated carbocycles. The number of methoxy groups -OCH3 is 2. The number of unbranched alkanes of at least 4 members (excludes halogenated alkanes) is 1. The molecule has 1 aromatic rings. The Balaban J connectivity index is 1.90. The van der Waals surface area contributed by atoms with Gasteiger partial charge in [-0.2, -0.15) is 0 Å². The smallest absolute Gasteiger partial charge is 0.227 e. The lowest BCUT2D eigenvalue weighted by Gasteiger charge is -2.28. The van der Waals surface area contributed by atoms with Gasteiger partial charge >= 0.3 is 0 Å². The molecule has 23 heavy (non-hydrogen) atoms. The number of anilines is 1. The molecule has 0 aromatic heterocycles. The molecule has 1 aromatic carbocycles. The highest BCUT2D eigenvalue weighted by atomic mass is 16.5. The Kier molecular flexibility index (Phi) is 6.75. The van der Waals surface area contributed by atoms with E-state index < -0.39 is 0 Å². The molecule has 0 saturated heterocycles. The first-order chi connectivity index (χ1) is 11.2. The van der Waals surface area contributed by atoms with Crippen LogP contribution in [0.1, 0.15) is 51.9 Å². The maximum atomic E-state index is 12.5. The first-order valence-corrected chi connectivity index (χ1v) is 8.70. The molecule has 2 rings (SSSR count). The summed E-state index contributed by atoms with van der Waals surface area (Å²) in [6, 6.07) is 5.46. The second kappa shape index (κ2) is 8.80. The fraction of sp³-hybridized carbons (Fsp3) is 0.632. The Hall–Kier alpha value is -1.71. The van der Waals surface area contributed by atoms with Crippen molar-refractivity contribution in [1.82, 2.24) is 0 Å². The number of carbonyl (C=O) groups is 1. The van der Waals surface area contributed by atoms with E-state index in [0.29, 0.717) is 11.4 Å². The summed E-state index contributed by atoms with van der Waals surface area (Å²) in [4.78, 5) is 12.5. The number of hydrogen-bond acceptors (Lipinski definition) is 3. The second-order valence-corrected chi connectivity index (χ2v) is 6.42. The van der Waals surface area contributed by atoms with Gasteiger partial charge in [0.2, 0.25) is 5.91 Å². The molecule has 1 fully saturated rings. The lowest BCUT2D eigenvalue weighted by atomic mass is 9.79. The number of carbonyl (C=O) groups excluding carboxylic acids is 1. The summed E-state index contributed by atoms with van der Waals surface area (Å²) in [5, 5.41) is 3.02. The summed E-state index contributed by atoms with van der Waals surface area (Å²) in [7, 11) is 3.22. The van der Waals surface area contributed by atoms with E-state index in [1.54, 1.807) is 20.3 Å². The molecular formula is C19H29NO3. The molecule has 4 heteroatoms. The van der Waals surface area contributed by atoms with E-state index in [1.165, 1.54) is 32.1 Å². The molecule has 0 heterocycles. The number of hydrogen-bond donors (Lipinski definition) is 1. The van der Waals surface area contributed by atoms with Crippen LogP contribution >= 0.6 is 0 Å². The Bertz CT molecular complexity index is 507. The van der Waals surface area contributed by atoms with Gasteiger partial charge in [0.25, 0.3) is 0 Å². The van der Waals surface area contributed by atoms with Gasteiger partial charge < -0.3 is 14.8 Å². The minimum Gasteiger partial charge on any atom is -0.497 e. The van der Waals surface area contributed by atoms with Crippen LogP contribution in [0.4, 0.5) is 5.69 Å². The summed E-state index contributed by atoms with van der Waals surface area (Å²) in [5.41, 5.74) is 0.714. The third kappa shape index (κ3) is 4.88. The molecule has 0 spiro atoms. The first kappa shape index (κ1) is 17.6. The zero-order valence-electron chi connectivity index (χ0n) is 14.6. The van der Waals surface area contributed by atoms with Crippen molar-refractivity contribution in [3.8, 4) is 11.5 Å². The monoisotopic (exact) mass is 319 g/mol. The predicted molar refractivity (Wildman–Crippen MR) is 93.1 cm³/mol. The van der Waals surface area contributed by atoms with Gasteiger partial charge in [0.05, 0.1) is 19.9 Å². The highest BCUT2D eigenvalue weighted by Gasteiger charge is 2.26. The van der Waals surface area contributed by atoms with Crippen molar-refractivity contribution in [2.45, 2.75) is 51.9 Å². The maximum Gasteiger partial charge on any atom is 0.227 e. The van der Waals surface area contributed by atoms with Gasteiger partial charge in [-0.1, -0.05) is 26.2 Å². The van der Waals surface area contributed by atoms with Crippen LogP contribution in [0, 0.1) is 11.8 Å². The summed E-state index contributed by atoms with van der Waals surface area (Å²) < 4.78 is 10.5. The third-order valence-electron chi connectivity index (χ3n) is 4.85. The molecule has 1 N–H and O–H groups in total. The molecular weight excluding hydrogens is 290 g/mol. The number of rotatable bonds is 7. The highest BCUT2D eigenvalue weighted by molar-refractivity contribution is 5.94. The van der Waals surface area contributed by atoms with E-state index in [1.807, 2.05) is 12.1 Å². The molecule has 0 aliphatic heterocycles. The summed E-state index contributed by atoms with van der Waals surface area (Å²) in [5.74, 6) is 2.40. The van der Waals surface area contributed by atoms with Crippen molar-refractivity contribution < 1.29 is 14.3 Å². The van der Waals surface area contributed by atoms with Crippen LogP contribution < -0.4 is 14.8 Å². The van der Waals surface area contributed by atoms with Crippen molar-refractivity contribution in [1.29, 1.82) is 0 Å². The zero-order valence-corrected chi connectivity index (χ0v) is 14.6. The van der Waals surface area contributed by atoms with Crippen LogP contribution in [-0.2, 0) is 4.79 Å². The molecule has 4 nitrogen and oxygen atoms in total. The van der Waals surface area contributed by atoms with E-state index in [2.05, 4.69) is 12.2 Å². The SMILES string of the molecule is CCCCC1CCC(C(=O)Nc2ccc(OC)cc2OC)CC1. The fourth-order valence-corrected chi connectivity index (χ4v) is 3.34. The van der Waals surface area contributed by atoms with Crippen LogP contribution in [0.2, 0.25) is 0 Å². The van der Waals surface area contributed by atoms with Crippen LogP contribution in [0.5, 0.6) is 11.5 Å².